The Bertz CT molecular complexity index is 641. The Kier molecular flexibility index (Phi) is 8.19. The first-order valence-corrected chi connectivity index (χ1v) is 9.60. The van der Waals surface area contributed by atoms with Crippen molar-refractivity contribution < 1.29 is 23.8 Å². The first-order valence-electron chi connectivity index (χ1n) is 9.60. The van der Waals surface area contributed by atoms with Gasteiger partial charge in [0.2, 0.25) is 0 Å². The standard InChI is InChI=1S/C19H28FN3O2.CH2O2/c1-12(2)18-10-23-9-16(8-17(23)11-25-18)22-19(24)21-13(3)14-4-6-15(20)7-5-14;2-1-3/h4-7,12-13,16-18H,8-11H2,1-3H3,(H2,21,22,24);1H,(H,2,3)/t13-,16-,17+,18+;/m1./s1. The fourth-order valence-electron chi connectivity index (χ4n) is 3.67. The zero-order valence-electron chi connectivity index (χ0n) is 16.6. The molecule has 3 N–H and O–H groups in total. The summed E-state index contributed by atoms with van der Waals surface area (Å²) in [5.41, 5.74) is 0.883. The van der Waals surface area contributed by atoms with E-state index >= 15 is 0 Å². The third-order valence-corrected chi connectivity index (χ3v) is 5.24. The number of hydrogen-bond acceptors (Lipinski definition) is 4. The number of carbonyl (C=O) groups is 2. The number of fused-ring (bicyclic) bond motifs is 1. The predicted molar refractivity (Wildman–Crippen MR) is 104 cm³/mol. The van der Waals surface area contributed by atoms with E-state index in [9.17, 15) is 9.18 Å². The topological polar surface area (TPSA) is 90.9 Å². The van der Waals surface area contributed by atoms with Crippen molar-refractivity contribution >= 4 is 12.5 Å². The summed E-state index contributed by atoms with van der Waals surface area (Å²) in [6, 6.07) is 6.40. The van der Waals surface area contributed by atoms with Gasteiger partial charge in [0.15, 0.2) is 0 Å². The maximum absolute atomic E-state index is 13.0. The monoisotopic (exact) mass is 395 g/mol. The number of carbonyl (C=O) groups excluding carboxylic acids is 1. The van der Waals surface area contributed by atoms with Crippen LogP contribution >= 0.6 is 0 Å². The maximum Gasteiger partial charge on any atom is 0.315 e. The molecule has 156 valence electrons. The second-order valence-corrected chi connectivity index (χ2v) is 7.65. The van der Waals surface area contributed by atoms with Crippen molar-refractivity contribution in [2.75, 3.05) is 19.7 Å². The predicted octanol–water partition coefficient (Wildman–Crippen LogP) is 2.38. The molecule has 2 aliphatic heterocycles. The van der Waals surface area contributed by atoms with Gasteiger partial charge in [0.25, 0.3) is 6.47 Å². The quantitative estimate of drug-likeness (QED) is 0.681. The number of nitrogens with one attached hydrogen (secondary N) is 2. The molecule has 3 rings (SSSR count). The number of ether oxygens (including phenoxy) is 1. The van der Waals surface area contributed by atoms with Gasteiger partial charge >= 0.3 is 6.03 Å². The van der Waals surface area contributed by atoms with Gasteiger partial charge in [-0.2, -0.15) is 0 Å². The molecule has 0 aromatic heterocycles. The number of carboxylic acid groups (broad SMARTS) is 1. The Morgan fingerprint density at radius 3 is 2.54 bits per heavy atom. The molecular weight excluding hydrogens is 365 g/mol. The van der Waals surface area contributed by atoms with Crippen LogP contribution in [0.1, 0.15) is 38.8 Å². The number of benzene rings is 1. The molecule has 4 atom stereocenters. The molecule has 2 aliphatic rings. The fraction of sp³-hybridized carbons (Fsp3) is 0.600. The zero-order valence-corrected chi connectivity index (χ0v) is 16.6. The van der Waals surface area contributed by atoms with E-state index in [2.05, 4.69) is 29.4 Å². The summed E-state index contributed by atoms with van der Waals surface area (Å²) < 4.78 is 18.9. The van der Waals surface area contributed by atoms with E-state index in [1.165, 1.54) is 12.1 Å². The summed E-state index contributed by atoms with van der Waals surface area (Å²) in [4.78, 5) is 23.1. The van der Waals surface area contributed by atoms with Crippen LogP contribution in [0.25, 0.3) is 0 Å². The Morgan fingerprint density at radius 1 is 1.29 bits per heavy atom. The highest BCUT2D eigenvalue weighted by atomic mass is 19.1. The zero-order chi connectivity index (χ0) is 20.7. The molecule has 0 bridgehead atoms. The molecular formula is C20H30FN3O4. The number of rotatable bonds is 4. The average Bonchev–Trinajstić information content (AvgIpc) is 3.03. The molecule has 0 unspecified atom stereocenters. The average molecular weight is 395 g/mol. The third kappa shape index (κ3) is 6.17. The Morgan fingerprint density at radius 2 is 1.93 bits per heavy atom. The van der Waals surface area contributed by atoms with Crippen molar-refractivity contribution in [2.24, 2.45) is 5.92 Å². The smallest absolute Gasteiger partial charge is 0.315 e. The lowest BCUT2D eigenvalue weighted by atomic mass is 10.0. The normalized spacial score (nSPS) is 25.2. The van der Waals surface area contributed by atoms with Crippen LogP contribution in [0.2, 0.25) is 0 Å². The van der Waals surface area contributed by atoms with Crippen molar-refractivity contribution in [2.45, 2.75) is 51.4 Å². The molecule has 0 spiro atoms. The summed E-state index contributed by atoms with van der Waals surface area (Å²) in [5.74, 6) is 0.234. The molecule has 2 amide bonds. The van der Waals surface area contributed by atoms with Crippen molar-refractivity contribution in [1.29, 1.82) is 0 Å². The van der Waals surface area contributed by atoms with Gasteiger partial charge in [0.05, 0.1) is 18.8 Å². The van der Waals surface area contributed by atoms with Crippen LogP contribution in [0.3, 0.4) is 0 Å². The maximum atomic E-state index is 13.0. The highest BCUT2D eigenvalue weighted by molar-refractivity contribution is 5.74. The molecule has 2 saturated heterocycles. The lowest BCUT2D eigenvalue weighted by Crippen LogP contribution is -2.48. The molecule has 2 fully saturated rings. The van der Waals surface area contributed by atoms with Gasteiger partial charge in [-0.25, -0.2) is 9.18 Å². The van der Waals surface area contributed by atoms with E-state index in [4.69, 9.17) is 14.6 Å². The van der Waals surface area contributed by atoms with Crippen LogP contribution in [-0.4, -0.2) is 60.4 Å². The minimum atomic E-state index is -0.273. The SMILES string of the molecule is CC(C)[C@@H]1CN2C[C@H](NC(=O)N[C@H](C)c3ccc(F)cc3)C[C@H]2CO1.O=CO. The Balaban J connectivity index is 0.000000878. The highest BCUT2D eigenvalue weighted by Crippen LogP contribution is 2.25. The van der Waals surface area contributed by atoms with Crippen molar-refractivity contribution in [3.8, 4) is 0 Å². The third-order valence-electron chi connectivity index (χ3n) is 5.24. The number of amides is 2. The van der Waals surface area contributed by atoms with Crippen molar-refractivity contribution in [3.05, 3.63) is 35.6 Å². The summed E-state index contributed by atoms with van der Waals surface area (Å²) in [6.07, 6.45) is 1.20. The number of hydrogen-bond donors (Lipinski definition) is 3. The van der Waals surface area contributed by atoms with Gasteiger partial charge in [-0.1, -0.05) is 26.0 Å². The number of halogens is 1. The lowest BCUT2D eigenvalue weighted by Gasteiger charge is -2.36. The van der Waals surface area contributed by atoms with Crippen LogP contribution in [0.5, 0.6) is 0 Å². The highest BCUT2D eigenvalue weighted by Gasteiger charge is 2.38. The molecule has 28 heavy (non-hydrogen) atoms. The summed E-state index contributed by atoms with van der Waals surface area (Å²) >= 11 is 0. The second kappa shape index (κ2) is 10.4. The largest absolute Gasteiger partial charge is 0.483 e. The molecule has 1 aromatic carbocycles. The van der Waals surface area contributed by atoms with Gasteiger partial charge < -0.3 is 20.5 Å². The van der Waals surface area contributed by atoms with Crippen LogP contribution in [-0.2, 0) is 9.53 Å². The lowest BCUT2D eigenvalue weighted by molar-refractivity contribution is -0.122. The fourth-order valence-corrected chi connectivity index (χ4v) is 3.67. The molecule has 2 heterocycles. The van der Waals surface area contributed by atoms with E-state index in [1.54, 1.807) is 12.1 Å². The molecule has 1 aromatic rings. The molecule has 8 heteroatoms. The van der Waals surface area contributed by atoms with Gasteiger partial charge in [-0.05, 0) is 37.0 Å². The second-order valence-electron chi connectivity index (χ2n) is 7.65. The van der Waals surface area contributed by atoms with Gasteiger partial charge in [0, 0.05) is 25.2 Å². The first kappa shape index (κ1) is 22.1. The first-order chi connectivity index (χ1) is 13.3. The summed E-state index contributed by atoms with van der Waals surface area (Å²) in [6.45, 7) is 8.56. The molecule has 7 nitrogen and oxygen atoms in total. The van der Waals surface area contributed by atoms with Crippen LogP contribution in [0, 0.1) is 11.7 Å². The molecule has 0 saturated carbocycles. The van der Waals surface area contributed by atoms with Crippen LogP contribution in [0.15, 0.2) is 24.3 Å². The van der Waals surface area contributed by atoms with Gasteiger partial charge in [-0.15, -0.1) is 0 Å². The van der Waals surface area contributed by atoms with E-state index < -0.39 is 0 Å². The Labute approximate surface area is 165 Å². The van der Waals surface area contributed by atoms with E-state index in [1.807, 2.05) is 6.92 Å². The van der Waals surface area contributed by atoms with Crippen molar-refractivity contribution in [3.63, 3.8) is 0 Å². The number of morpholine rings is 1. The number of urea groups is 1. The molecule has 0 aliphatic carbocycles. The van der Waals surface area contributed by atoms with Crippen molar-refractivity contribution in [1.82, 2.24) is 15.5 Å². The van der Waals surface area contributed by atoms with Crippen LogP contribution < -0.4 is 10.6 Å². The van der Waals surface area contributed by atoms with Crippen LogP contribution in [0.4, 0.5) is 9.18 Å². The molecule has 0 radical (unpaired) electrons. The van der Waals surface area contributed by atoms with E-state index in [0.29, 0.717) is 12.0 Å². The minimum Gasteiger partial charge on any atom is -0.483 e. The summed E-state index contributed by atoms with van der Waals surface area (Å²) in [5, 5.41) is 12.9. The van der Waals surface area contributed by atoms with E-state index in [-0.39, 0.29) is 36.5 Å². The summed E-state index contributed by atoms with van der Waals surface area (Å²) in [7, 11) is 0. The van der Waals surface area contributed by atoms with Gasteiger partial charge in [-0.3, -0.25) is 9.69 Å². The number of nitrogens with zero attached hydrogens (tertiary/aromatic N) is 1. The Hall–Kier alpha value is -2.19. The van der Waals surface area contributed by atoms with Gasteiger partial charge in [0.1, 0.15) is 5.82 Å². The van der Waals surface area contributed by atoms with E-state index in [0.717, 1.165) is 31.7 Å². The minimum absolute atomic E-state index is 0.139.